The van der Waals surface area contributed by atoms with Gasteiger partial charge in [0.25, 0.3) is 5.91 Å². The Hall–Kier alpha value is -3.30. The molecule has 1 aliphatic heterocycles. The second-order valence-electron chi connectivity index (χ2n) is 6.30. The van der Waals surface area contributed by atoms with Crippen LogP contribution < -0.4 is 16.0 Å². The van der Waals surface area contributed by atoms with Crippen LogP contribution in [0.25, 0.3) is 0 Å². The number of carbonyl (C=O) groups is 1. The second kappa shape index (κ2) is 8.88. The number of hydrogen-bond donors (Lipinski definition) is 2. The number of rotatable bonds is 6. The molecule has 1 amide bonds. The SMILES string of the molecule is N#C/C(=C/N(c1ccccc1)c1ccc(N)cc1)C(=O)NCC1CCCO1. The summed E-state index contributed by atoms with van der Waals surface area (Å²) in [6.45, 7) is 1.13. The maximum absolute atomic E-state index is 12.5. The van der Waals surface area contributed by atoms with Gasteiger partial charge >= 0.3 is 0 Å². The first-order valence-electron chi connectivity index (χ1n) is 8.89. The maximum atomic E-state index is 12.5. The van der Waals surface area contributed by atoms with E-state index in [1.54, 1.807) is 23.2 Å². The number of hydrogen-bond acceptors (Lipinski definition) is 5. The quantitative estimate of drug-likeness (QED) is 0.468. The van der Waals surface area contributed by atoms with Crippen LogP contribution >= 0.6 is 0 Å². The van der Waals surface area contributed by atoms with Gasteiger partial charge in [-0.2, -0.15) is 5.26 Å². The highest BCUT2D eigenvalue weighted by Gasteiger charge is 2.18. The molecule has 1 heterocycles. The third-order valence-corrected chi connectivity index (χ3v) is 4.34. The Bertz CT molecular complexity index is 835. The zero-order valence-corrected chi connectivity index (χ0v) is 15.0. The van der Waals surface area contributed by atoms with Gasteiger partial charge in [0.05, 0.1) is 6.10 Å². The molecule has 0 bridgehead atoms. The van der Waals surface area contributed by atoms with Crippen LogP contribution in [0.1, 0.15) is 12.8 Å². The summed E-state index contributed by atoms with van der Waals surface area (Å²) in [7, 11) is 0. The summed E-state index contributed by atoms with van der Waals surface area (Å²) in [4.78, 5) is 14.3. The highest BCUT2D eigenvalue weighted by Crippen LogP contribution is 2.27. The number of nitrogen functional groups attached to an aromatic ring is 1. The lowest BCUT2D eigenvalue weighted by Gasteiger charge is -2.21. The largest absolute Gasteiger partial charge is 0.399 e. The number of benzene rings is 2. The molecule has 0 radical (unpaired) electrons. The number of nitrogens with zero attached hydrogens (tertiary/aromatic N) is 2. The standard InChI is InChI=1S/C21H22N4O2/c22-13-16(21(26)24-14-20-7-4-12-27-20)15-25(18-5-2-1-3-6-18)19-10-8-17(23)9-11-19/h1-3,5-6,8-11,15,20H,4,7,12,14,23H2,(H,24,26)/b16-15-. The summed E-state index contributed by atoms with van der Waals surface area (Å²) in [5.41, 5.74) is 8.08. The molecular formula is C21H22N4O2. The molecule has 6 nitrogen and oxygen atoms in total. The fraction of sp³-hybridized carbons (Fsp3) is 0.238. The van der Waals surface area contributed by atoms with Crippen molar-refractivity contribution in [1.29, 1.82) is 5.26 Å². The molecule has 2 aromatic carbocycles. The summed E-state index contributed by atoms with van der Waals surface area (Å²) in [6.07, 6.45) is 3.50. The van der Waals surface area contributed by atoms with Crippen LogP contribution in [0, 0.1) is 11.3 Å². The van der Waals surface area contributed by atoms with Gasteiger partial charge in [-0.15, -0.1) is 0 Å². The monoisotopic (exact) mass is 362 g/mol. The van der Waals surface area contributed by atoms with Crippen molar-refractivity contribution in [2.75, 3.05) is 23.8 Å². The highest BCUT2D eigenvalue weighted by atomic mass is 16.5. The number of para-hydroxylation sites is 1. The fourth-order valence-corrected chi connectivity index (χ4v) is 2.90. The summed E-state index contributed by atoms with van der Waals surface area (Å²) in [5, 5.41) is 12.3. The first-order valence-corrected chi connectivity index (χ1v) is 8.89. The predicted octanol–water partition coefficient (Wildman–Crippen LogP) is 3.11. The molecule has 1 atom stereocenters. The van der Waals surface area contributed by atoms with Crippen LogP contribution in [0.4, 0.5) is 17.1 Å². The van der Waals surface area contributed by atoms with Crippen molar-refractivity contribution < 1.29 is 9.53 Å². The molecule has 1 unspecified atom stereocenters. The van der Waals surface area contributed by atoms with Gasteiger partial charge in [-0.1, -0.05) is 18.2 Å². The minimum absolute atomic E-state index is 0.0219. The molecule has 0 spiro atoms. The number of nitriles is 1. The van der Waals surface area contributed by atoms with E-state index in [2.05, 4.69) is 5.32 Å². The Balaban J connectivity index is 1.84. The molecule has 0 aromatic heterocycles. The summed E-state index contributed by atoms with van der Waals surface area (Å²) >= 11 is 0. The van der Waals surface area contributed by atoms with Crippen molar-refractivity contribution in [3.05, 3.63) is 66.4 Å². The predicted molar refractivity (Wildman–Crippen MR) is 105 cm³/mol. The lowest BCUT2D eigenvalue weighted by Crippen LogP contribution is -2.33. The molecule has 3 N–H and O–H groups in total. The molecule has 138 valence electrons. The zero-order valence-electron chi connectivity index (χ0n) is 15.0. The van der Waals surface area contributed by atoms with Crippen LogP contribution in [-0.4, -0.2) is 25.2 Å². The van der Waals surface area contributed by atoms with Crippen molar-refractivity contribution in [3.8, 4) is 6.07 Å². The molecule has 6 heteroatoms. The van der Waals surface area contributed by atoms with Crippen LogP contribution in [0.5, 0.6) is 0 Å². The van der Waals surface area contributed by atoms with Crippen molar-refractivity contribution in [3.63, 3.8) is 0 Å². The zero-order chi connectivity index (χ0) is 19.1. The molecule has 1 aliphatic rings. The minimum atomic E-state index is -0.413. The topological polar surface area (TPSA) is 91.4 Å². The lowest BCUT2D eigenvalue weighted by molar-refractivity contribution is -0.117. The number of ether oxygens (including phenoxy) is 1. The summed E-state index contributed by atoms with van der Waals surface area (Å²) in [6, 6.07) is 18.8. The van der Waals surface area contributed by atoms with Gasteiger partial charge in [-0.3, -0.25) is 4.79 Å². The van der Waals surface area contributed by atoms with Gasteiger partial charge in [-0.25, -0.2) is 0 Å². The van der Waals surface area contributed by atoms with Crippen LogP contribution in [0.2, 0.25) is 0 Å². The smallest absolute Gasteiger partial charge is 0.263 e. The Kier molecular flexibility index (Phi) is 6.08. The van der Waals surface area contributed by atoms with E-state index >= 15 is 0 Å². The van der Waals surface area contributed by atoms with Gasteiger partial charge in [-0.05, 0) is 49.2 Å². The first-order chi connectivity index (χ1) is 13.2. The summed E-state index contributed by atoms with van der Waals surface area (Å²) in [5.74, 6) is -0.413. The van der Waals surface area contributed by atoms with Crippen LogP contribution in [0.3, 0.4) is 0 Å². The fourth-order valence-electron chi connectivity index (χ4n) is 2.90. The van der Waals surface area contributed by atoms with E-state index in [9.17, 15) is 10.1 Å². The molecule has 3 rings (SSSR count). The average molecular weight is 362 g/mol. The van der Waals surface area contributed by atoms with E-state index in [0.717, 1.165) is 30.8 Å². The highest BCUT2D eigenvalue weighted by molar-refractivity contribution is 5.98. The Morgan fingerprint density at radius 2 is 1.93 bits per heavy atom. The molecular weight excluding hydrogens is 340 g/mol. The minimum Gasteiger partial charge on any atom is -0.399 e. The van der Waals surface area contributed by atoms with Gasteiger partial charge in [0.2, 0.25) is 0 Å². The normalized spacial score (nSPS) is 16.6. The molecule has 27 heavy (non-hydrogen) atoms. The molecule has 1 fully saturated rings. The van der Waals surface area contributed by atoms with E-state index in [-0.39, 0.29) is 11.7 Å². The Morgan fingerprint density at radius 3 is 2.56 bits per heavy atom. The van der Waals surface area contributed by atoms with E-state index < -0.39 is 5.91 Å². The number of amides is 1. The van der Waals surface area contributed by atoms with Gasteiger partial charge in [0.1, 0.15) is 11.6 Å². The summed E-state index contributed by atoms with van der Waals surface area (Å²) < 4.78 is 5.51. The third kappa shape index (κ3) is 4.87. The Morgan fingerprint density at radius 1 is 1.22 bits per heavy atom. The molecule has 1 saturated heterocycles. The Labute approximate surface area is 158 Å². The number of nitrogens with one attached hydrogen (secondary N) is 1. The van der Waals surface area contributed by atoms with Crippen molar-refractivity contribution in [2.45, 2.75) is 18.9 Å². The van der Waals surface area contributed by atoms with Crippen LogP contribution in [-0.2, 0) is 9.53 Å². The van der Waals surface area contributed by atoms with Gasteiger partial charge < -0.3 is 20.7 Å². The number of anilines is 3. The lowest BCUT2D eigenvalue weighted by atomic mass is 10.2. The maximum Gasteiger partial charge on any atom is 0.263 e. The van der Waals surface area contributed by atoms with Crippen molar-refractivity contribution in [1.82, 2.24) is 5.32 Å². The van der Waals surface area contributed by atoms with Gasteiger partial charge in [0.15, 0.2) is 0 Å². The van der Waals surface area contributed by atoms with Crippen molar-refractivity contribution >= 4 is 23.0 Å². The molecule has 0 aliphatic carbocycles. The van der Waals surface area contributed by atoms with Crippen molar-refractivity contribution in [2.24, 2.45) is 0 Å². The first kappa shape index (κ1) is 18.5. The third-order valence-electron chi connectivity index (χ3n) is 4.34. The van der Waals surface area contributed by atoms with E-state index in [0.29, 0.717) is 12.2 Å². The van der Waals surface area contributed by atoms with Crippen LogP contribution in [0.15, 0.2) is 66.4 Å². The van der Waals surface area contributed by atoms with E-state index in [1.165, 1.54) is 0 Å². The number of nitrogens with two attached hydrogens (primary N) is 1. The van der Waals surface area contributed by atoms with Gasteiger partial charge in [0, 0.05) is 36.4 Å². The van der Waals surface area contributed by atoms with E-state index in [4.69, 9.17) is 10.5 Å². The number of carbonyl (C=O) groups excluding carboxylic acids is 1. The second-order valence-corrected chi connectivity index (χ2v) is 6.30. The molecule has 2 aromatic rings. The average Bonchev–Trinajstić information content (AvgIpc) is 3.22. The van der Waals surface area contributed by atoms with E-state index in [1.807, 2.05) is 48.5 Å². The molecule has 0 saturated carbocycles.